The van der Waals surface area contributed by atoms with Crippen molar-refractivity contribution >= 4 is 16.7 Å². The molecule has 2 aromatic rings. The van der Waals surface area contributed by atoms with Crippen molar-refractivity contribution < 1.29 is 9.52 Å². The lowest BCUT2D eigenvalue weighted by molar-refractivity contribution is 0.282. The molecule has 2 rings (SSSR count). The fourth-order valence-electron chi connectivity index (χ4n) is 1.40. The topological polar surface area (TPSA) is 59.4 Å². The summed E-state index contributed by atoms with van der Waals surface area (Å²) in [7, 11) is 0. The van der Waals surface area contributed by atoms with E-state index in [4.69, 9.17) is 15.3 Å². The SMILES string of the molecule is Cc1coc2cc(N)c(CO)cc12. The maximum atomic E-state index is 9.00. The first-order valence-electron chi connectivity index (χ1n) is 4.09. The molecule has 68 valence electrons. The first kappa shape index (κ1) is 8.13. The molecular formula is C10H11NO2. The molecule has 0 bridgehead atoms. The molecule has 3 nitrogen and oxygen atoms in total. The van der Waals surface area contributed by atoms with Crippen LogP contribution in [0.5, 0.6) is 0 Å². The van der Waals surface area contributed by atoms with Crippen molar-refractivity contribution in [2.75, 3.05) is 5.73 Å². The van der Waals surface area contributed by atoms with Crippen LogP contribution >= 0.6 is 0 Å². The third kappa shape index (κ3) is 1.17. The van der Waals surface area contributed by atoms with Crippen LogP contribution in [0.25, 0.3) is 11.0 Å². The standard InChI is InChI=1S/C10H11NO2/c1-6-5-13-10-3-9(11)7(4-12)2-8(6)10/h2-3,5,12H,4,11H2,1H3. The van der Waals surface area contributed by atoms with Gasteiger partial charge >= 0.3 is 0 Å². The van der Waals surface area contributed by atoms with Gasteiger partial charge in [-0.1, -0.05) is 0 Å². The van der Waals surface area contributed by atoms with Crippen LogP contribution in [0.2, 0.25) is 0 Å². The molecule has 1 heterocycles. The predicted molar refractivity (Wildman–Crippen MR) is 51.3 cm³/mol. The summed E-state index contributed by atoms with van der Waals surface area (Å²) in [5.74, 6) is 0. The van der Waals surface area contributed by atoms with Gasteiger partial charge in [0.05, 0.1) is 12.9 Å². The predicted octanol–water partition coefficient (Wildman–Crippen LogP) is 1.82. The lowest BCUT2D eigenvalue weighted by Gasteiger charge is -2.01. The van der Waals surface area contributed by atoms with Gasteiger partial charge in [-0.2, -0.15) is 0 Å². The third-order valence-electron chi connectivity index (χ3n) is 2.20. The largest absolute Gasteiger partial charge is 0.464 e. The van der Waals surface area contributed by atoms with E-state index in [9.17, 15) is 0 Å². The van der Waals surface area contributed by atoms with Crippen LogP contribution in [-0.4, -0.2) is 5.11 Å². The number of furan rings is 1. The molecule has 0 atom stereocenters. The Hall–Kier alpha value is -1.48. The minimum Gasteiger partial charge on any atom is -0.464 e. The molecule has 0 spiro atoms. The lowest BCUT2D eigenvalue weighted by atomic mass is 10.1. The molecular weight excluding hydrogens is 166 g/mol. The van der Waals surface area contributed by atoms with Gasteiger partial charge in [0.15, 0.2) is 0 Å². The Bertz CT molecular complexity index is 445. The minimum atomic E-state index is -0.0353. The normalized spacial score (nSPS) is 10.9. The van der Waals surface area contributed by atoms with Gasteiger partial charge in [0.2, 0.25) is 0 Å². The fraction of sp³-hybridized carbons (Fsp3) is 0.200. The summed E-state index contributed by atoms with van der Waals surface area (Å²) in [5.41, 5.74) is 8.84. The van der Waals surface area contributed by atoms with E-state index >= 15 is 0 Å². The zero-order valence-corrected chi connectivity index (χ0v) is 7.37. The maximum Gasteiger partial charge on any atom is 0.136 e. The highest BCUT2D eigenvalue weighted by Crippen LogP contribution is 2.25. The highest BCUT2D eigenvalue weighted by Gasteiger charge is 2.05. The van der Waals surface area contributed by atoms with Gasteiger partial charge in [-0.3, -0.25) is 0 Å². The molecule has 0 radical (unpaired) electrons. The van der Waals surface area contributed by atoms with E-state index in [1.54, 1.807) is 12.3 Å². The number of nitrogen functional groups attached to an aromatic ring is 1. The molecule has 0 amide bonds. The molecule has 13 heavy (non-hydrogen) atoms. The fourth-order valence-corrected chi connectivity index (χ4v) is 1.40. The van der Waals surface area contributed by atoms with E-state index in [-0.39, 0.29) is 6.61 Å². The Kier molecular flexibility index (Phi) is 1.74. The zero-order chi connectivity index (χ0) is 9.42. The summed E-state index contributed by atoms with van der Waals surface area (Å²) in [5, 5.41) is 10.0. The molecule has 1 aromatic carbocycles. The zero-order valence-electron chi connectivity index (χ0n) is 7.37. The Morgan fingerprint density at radius 3 is 2.92 bits per heavy atom. The summed E-state index contributed by atoms with van der Waals surface area (Å²) < 4.78 is 5.27. The van der Waals surface area contributed by atoms with Crippen LogP contribution in [0.15, 0.2) is 22.8 Å². The number of aliphatic hydroxyl groups excluding tert-OH is 1. The van der Waals surface area contributed by atoms with E-state index in [0.29, 0.717) is 5.69 Å². The second kappa shape index (κ2) is 2.78. The van der Waals surface area contributed by atoms with Crippen LogP contribution in [-0.2, 0) is 6.61 Å². The highest BCUT2D eigenvalue weighted by atomic mass is 16.3. The number of anilines is 1. The van der Waals surface area contributed by atoms with Gasteiger partial charge < -0.3 is 15.3 Å². The average Bonchev–Trinajstić information content (AvgIpc) is 2.46. The summed E-state index contributed by atoms with van der Waals surface area (Å²) >= 11 is 0. The number of nitrogens with two attached hydrogens (primary N) is 1. The van der Waals surface area contributed by atoms with Gasteiger partial charge in [-0.05, 0) is 18.6 Å². The summed E-state index contributed by atoms with van der Waals surface area (Å²) in [4.78, 5) is 0. The molecule has 0 unspecified atom stereocenters. The number of aliphatic hydroxyl groups is 1. The van der Waals surface area contributed by atoms with Gasteiger partial charge in [0.25, 0.3) is 0 Å². The number of rotatable bonds is 1. The Labute approximate surface area is 75.8 Å². The molecule has 0 saturated heterocycles. The Balaban J connectivity index is 2.77. The van der Waals surface area contributed by atoms with E-state index in [2.05, 4.69) is 0 Å². The van der Waals surface area contributed by atoms with Crippen molar-refractivity contribution in [1.82, 2.24) is 0 Å². The lowest BCUT2D eigenvalue weighted by Crippen LogP contribution is -1.93. The van der Waals surface area contributed by atoms with Crippen molar-refractivity contribution in [2.45, 2.75) is 13.5 Å². The van der Waals surface area contributed by atoms with E-state index in [1.807, 2.05) is 13.0 Å². The van der Waals surface area contributed by atoms with E-state index in [0.717, 1.165) is 22.1 Å². The summed E-state index contributed by atoms with van der Waals surface area (Å²) in [6, 6.07) is 3.61. The molecule has 0 fully saturated rings. The Morgan fingerprint density at radius 1 is 1.46 bits per heavy atom. The molecule has 1 aromatic heterocycles. The minimum absolute atomic E-state index is 0.0353. The molecule has 3 N–H and O–H groups in total. The average molecular weight is 177 g/mol. The molecule has 0 aliphatic carbocycles. The monoisotopic (exact) mass is 177 g/mol. The molecule has 3 heteroatoms. The van der Waals surface area contributed by atoms with E-state index < -0.39 is 0 Å². The maximum absolute atomic E-state index is 9.00. The van der Waals surface area contributed by atoms with Crippen molar-refractivity contribution in [1.29, 1.82) is 0 Å². The first-order chi connectivity index (χ1) is 6.22. The Morgan fingerprint density at radius 2 is 2.23 bits per heavy atom. The van der Waals surface area contributed by atoms with Crippen LogP contribution in [0.1, 0.15) is 11.1 Å². The molecule has 0 saturated carbocycles. The van der Waals surface area contributed by atoms with Gasteiger partial charge in [-0.15, -0.1) is 0 Å². The number of aryl methyl sites for hydroxylation is 1. The van der Waals surface area contributed by atoms with Gasteiger partial charge in [0, 0.05) is 22.7 Å². The number of hydrogen-bond acceptors (Lipinski definition) is 3. The first-order valence-corrected chi connectivity index (χ1v) is 4.09. The molecule has 0 aliphatic rings. The van der Waals surface area contributed by atoms with E-state index in [1.165, 1.54) is 0 Å². The highest BCUT2D eigenvalue weighted by molar-refractivity contribution is 5.85. The van der Waals surface area contributed by atoms with Crippen LogP contribution in [0.3, 0.4) is 0 Å². The molecule has 0 aliphatic heterocycles. The third-order valence-corrected chi connectivity index (χ3v) is 2.20. The van der Waals surface area contributed by atoms with Gasteiger partial charge in [-0.25, -0.2) is 0 Å². The quantitative estimate of drug-likeness (QED) is 0.653. The second-order valence-electron chi connectivity index (χ2n) is 3.12. The van der Waals surface area contributed by atoms with Crippen molar-refractivity contribution in [3.05, 3.63) is 29.5 Å². The number of fused-ring (bicyclic) bond motifs is 1. The van der Waals surface area contributed by atoms with Crippen molar-refractivity contribution in [3.8, 4) is 0 Å². The van der Waals surface area contributed by atoms with Crippen LogP contribution in [0, 0.1) is 6.92 Å². The van der Waals surface area contributed by atoms with Crippen molar-refractivity contribution in [2.24, 2.45) is 0 Å². The smallest absolute Gasteiger partial charge is 0.136 e. The number of benzene rings is 1. The van der Waals surface area contributed by atoms with Crippen LogP contribution in [0.4, 0.5) is 5.69 Å². The van der Waals surface area contributed by atoms with Crippen LogP contribution < -0.4 is 5.73 Å². The van der Waals surface area contributed by atoms with Crippen molar-refractivity contribution in [3.63, 3.8) is 0 Å². The second-order valence-corrected chi connectivity index (χ2v) is 3.12. The summed E-state index contributed by atoms with van der Waals surface area (Å²) in [6.45, 7) is 1.93. The van der Waals surface area contributed by atoms with Gasteiger partial charge in [0.1, 0.15) is 5.58 Å². The summed E-state index contributed by atoms with van der Waals surface area (Å²) in [6.07, 6.45) is 1.69. The number of hydrogen-bond donors (Lipinski definition) is 2.